The van der Waals surface area contributed by atoms with E-state index in [2.05, 4.69) is 62.8 Å². The van der Waals surface area contributed by atoms with E-state index in [0.29, 0.717) is 6.61 Å². The Bertz CT molecular complexity index is 657. The van der Waals surface area contributed by atoms with E-state index in [1.54, 1.807) is 0 Å². The summed E-state index contributed by atoms with van der Waals surface area (Å²) in [6.45, 7) is 6.76. The van der Waals surface area contributed by atoms with Crippen LogP contribution in [0.4, 0.5) is 5.69 Å². The van der Waals surface area contributed by atoms with Crippen LogP contribution in [0.5, 0.6) is 5.75 Å². The Morgan fingerprint density at radius 3 is 2.33 bits per heavy atom. The predicted octanol–water partition coefficient (Wildman–Crippen LogP) is 5.98. The number of rotatable bonds is 4. The van der Waals surface area contributed by atoms with Crippen molar-refractivity contribution in [1.82, 2.24) is 0 Å². The lowest BCUT2D eigenvalue weighted by Gasteiger charge is -2.09. The molecule has 0 N–H and O–H groups in total. The largest absolute Gasteiger partial charge is 0.492 e. The van der Waals surface area contributed by atoms with Crippen LogP contribution in [0, 0.1) is 13.8 Å². The minimum atomic E-state index is 0.632. The number of hydrogen-bond acceptors (Lipinski definition) is 2. The highest BCUT2D eigenvalue weighted by molar-refractivity contribution is 9.11. The average molecular weight is 411 g/mol. The molecule has 0 fully saturated rings. The zero-order chi connectivity index (χ0) is 15.4. The van der Waals surface area contributed by atoms with Crippen LogP contribution in [0.15, 0.2) is 44.3 Å². The van der Waals surface area contributed by atoms with Gasteiger partial charge in [0.25, 0.3) is 0 Å². The Kier molecular flexibility index (Phi) is 5.59. The molecule has 0 bridgehead atoms. The summed E-state index contributed by atoms with van der Waals surface area (Å²) in [6, 6.07) is 10.3. The fourth-order valence-corrected chi connectivity index (χ4v) is 3.48. The van der Waals surface area contributed by atoms with Gasteiger partial charge in [0.05, 0.1) is 21.2 Å². The maximum Gasteiger partial charge on any atom is 0.147 e. The van der Waals surface area contributed by atoms with Crippen LogP contribution in [0.1, 0.15) is 23.6 Å². The second kappa shape index (κ2) is 7.23. The van der Waals surface area contributed by atoms with Gasteiger partial charge in [-0.2, -0.15) is 0 Å². The molecule has 0 aliphatic heterocycles. The number of benzene rings is 2. The van der Waals surface area contributed by atoms with E-state index >= 15 is 0 Å². The number of hydrogen-bond donors (Lipinski definition) is 0. The molecule has 21 heavy (non-hydrogen) atoms. The molecule has 0 heterocycles. The van der Waals surface area contributed by atoms with E-state index in [1.807, 2.05) is 31.3 Å². The van der Waals surface area contributed by atoms with Crippen molar-refractivity contribution in [1.29, 1.82) is 0 Å². The molecule has 2 aromatic carbocycles. The summed E-state index contributed by atoms with van der Waals surface area (Å²) in [5.74, 6) is 0.821. The van der Waals surface area contributed by atoms with Crippen LogP contribution in [0.25, 0.3) is 0 Å². The van der Waals surface area contributed by atoms with Crippen molar-refractivity contribution in [3.63, 3.8) is 0 Å². The molecule has 0 saturated heterocycles. The minimum absolute atomic E-state index is 0.632. The summed E-state index contributed by atoms with van der Waals surface area (Å²) >= 11 is 7.07. The molecule has 0 spiro atoms. The Labute approximate surface area is 142 Å². The molecular weight excluding hydrogens is 394 g/mol. The van der Waals surface area contributed by atoms with Gasteiger partial charge in [-0.15, -0.1) is 0 Å². The first-order valence-electron chi connectivity index (χ1n) is 6.74. The third kappa shape index (κ3) is 4.17. The maximum atomic E-state index is 5.58. The van der Waals surface area contributed by atoms with Crippen molar-refractivity contribution in [2.24, 2.45) is 4.99 Å². The fourth-order valence-electron chi connectivity index (χ4n) is 2.03. The van der Waals surface area contributed by atoms with Gasteiger partial charge in [-0.3, -0.25) is 4.99 Å². The molecule has 0 unspecified atom stereocenters. The third-order valence-electron chi connectivity index (χ3n) is 3.01. The second-order valence-electron chi connectivity index (χ2n) is 4.79. The van der Waals surface area contributed by atoms with Crippen LogP contribution in [0.3, 0.4) is 0 Å². The standard InChI is InChI=1S/C17H17Br2NO/c1-4-21-17-14(18)8-13(9-15(17)19)10-20-16-6-5-11(2)7-12(16)3/h5-10H,4H2,1-3H3. The topological polar surface area (TPSA) is 21.6 Å². The van der Waals surface area contributed by atoms with Crippen molar-refractivity contribution in [2.75, 3.05) is 6.61 Å². The fraction of sp³-hybridized carbons (Fsp3) is 0.235. The predicted molar refractivity (Wildman–Crippen MR) is 96.2 cm³/mol. The summed E-state index contributed by atoms with van der Waals surface area (Å²) in [4.78, 5) is 4.57. The molecule has 4 heteroatoms. The second-order valence-corrected chi connectivity index (χ2v) is 6.50. The van der Waals surface area contributed by atoms with Crippen molar-refractivity contribution < 1.29 is 4.74 Å². The lowest BCUT2D eigenvalue weighted by Crippen LogP contribution is -1.95. The van der Waals surface area contributed by atoms with Crippen molar-refractivity contribution >= 4 is 43.8 Å². The van der Waals surface area contributed by atoms with Crippen LogP contribution in [0.2, 0.25) is 0 Å². The summed E-state index contributed by atoms with van der Waals surface area (Å²) in [6.07, 6.45) is 1.86. The van der Waals surface area contributed by atoms with Gasteiger partial charge < -0.3 is 4.74 Å². The monoisotopic (exact) mass is 409 g/mol. The van der Waals surface area contributed by atoms with Gasteiger partial charge in [0.15, 0.2) is 0 Å². The van der Waals surface area contributed by atoms with Gasteiger partial charge in [-0.05, 0) is 82.0 Å². The van der Waals surface area contributed by atoms with Crippen LogP contribution in [-0.4, -0.2) is 12.8 Å². The number of ether oxygens (including phenoxy) is 1. The van der Waals surface area contributed by atoms with Crippen LogP contribution < -0.4 is 4.74 Å². The third-order valence-corrected chi connectivity index (χ3v) is 4.19. The lowest BCUT2D eigenvalue weighted by molar-refractivity contribution is 0.336. The molecule has 0 aliphatic rings. The molecule has 0 atom stereocenters. The zero-order valence-electron chi connectivity index (χ0n) is 12.3. The Hall–Kier alpha value is -1.13. The van der Waals surface area contributed by atoms with Gasteiger partial charge in [0.1, 0.15) is 5.75 Å². The molecule has 0 aliphatic carbocycles. The number of aryl methyl sites for hydroxylation is 2. The number of halogens is 2. The molecule has 0 saturated carbocycles. The Morgan fingerprint density at radius 2 is 1.76 bits per heavy atom. The molecule has 110 valence electrons. The summed E-state index contributed by atoms with van der Waals surface area (Å²) in [7, 11) is 0. The molecule has 0 radical (unpaired) electrons. The van der Waals surface area contributed by atoms with Crippen LogP contribution >= 0.6 is 31.9 Å². The number of nitrogens with zero attached hydrogens (tertiary/aromatic N) is 1. The highest BCUT2D eigenvalue weighted by Gasteiger charge is 2.07. The van der Waals surface area contributed by atoms with E-state index in [9.17, 15) is 0 Å². The van der Waals surface area contributed by atoms with Crippen LogP contribution in [-0.2, 0) is 0 Å². The highest BCUT2D eigenvalue weighted by atomic mass is 79.9. The summed E-state index contributed by atoms with van der Waals surface area (Å²) in [5, 5.41) is 0. The maximum absolute atomic E-state index is 5.58. The summed E-state index contributed by atoms with van der Waals surface area (Å²) in [5.41, 5.74) is 4.42. The molecule has 2 nitrogen and oxygen atoms in total. The first-order chi connectivity index (χ1) is 10.0. The van der Waals surface area contributed by atoms with Gasteiger partial charge in [0, 0.05) is 6.21 Å². The molecule has 0 aromatic heterocycles. The van der Waals surface area contributed by atoms with E-state index in [0.717, 1.165) is 25.9 Å². The van der Waals surface area contributed by atoms with Gasteiger partial charge in [0.2, 0.25) is 0 Å². The van der Waals surface area contributed by atoms with E-state index in [1.165, 1.54) is 11.1 Å². The first-order valence-corrected chi connectivity index (χ1v) is 8.33. The van der Waals surface area contributed by atoms with E-state index < -0.39 is 0 Å². The Morgan fingerprint density at radius 1 is 1.10 bits per heavy atom. The van der Waals surface area contributed by atoms with Crippen molar-refractivity contribution in [2.45, 2.75) is 20.8 Å². The average Bonchev–Trinajstić information content (AvgIpc) is 2.42. The minimum Gasteiger partial charge on any atom is -0.492 e. The summed E-state index contributed by atoms with van der Waals surface area (Å²) < 4.78 is 7.41. The van der Waals surface area contributed by atoms with Gasteiger partial charge in [-0.1, -0.05) is 17.7 Å². The molecule has 2 aromatic rings. The van der Waals surface area contributed by atoms with E-state index in [-0.39, 0.29) is 0 Å². The smallest absolute Gasteiger partial charge is 0.147 e. The molecule has 0 amide bonds. The Balaban J connectivity index is 2.29. The van der Waals surface area contributed by atoms with Gasteiger partial charge >= 0.3 is 0 Å². The first kappa shape index (κ1) is 16.2. The lowest BCUT2D eigenvalue weighted by atomic mass is 10.1. The van der Waals surface area contributed by atoms with Gasteiger partial charge in [-0.25, -0.2) is 0 Å². The quantitative estimate of drug-likeness (QED) is 0.568. The highest BCUT2D eigenvalue weighted by Crippen LogP contribution is 2.34. The molecular formula is C17H17Br2NO. The SMILES string of the molecule is CCOc1c(Br)cc(C=Nc2ccc(C)cc2C)cc1Br. The van der Waals surface area contributed by atoms with Crippen molar-refractivity contribution in [3.05, 3.63) is 56.0 Å². The molecule has 2 rings (SSSR count). The zero-order valence-corrected chi connectivity index (χ0v) is 15.5. The normalized spacial score (nSPS) is 11.1. The van der Waals surface area contributed by atoms with Crippen molar-refractivity contribution in [3.8, 4) is 5.75 Å². The van der Waals surface area contributed by atoms with E-state index in [4.69, 9.17) is 4.74 Å². The number of aliphatic imine (C=N–C) groups is 1.